The van der Waals surface area contributed by atoms with Crippen LogP contribution in [0, 0.1) is 5.92 Å². The number of phenols is 1. The molecule has 0 aliphatic heterocycles. The molecule has 182 valence electrons. The molecule has 0 bridgehead atoms. The Balaban J connectivity index is 1.42. The highest BCUT2D eigenvalue weighted by Crippen LogP contribution is 2.35. The Labute approximate surface area is 206 Å². The molecule has 1 amide bonds. The van der Waals surface area contributed by atoms with E-state index in [1.807, 2.05) is 12.1 Å². The molecule has 2 aliphatic carbocycles. The number of hydrogen-bond donors (Lipinski definition) is 3. The number of aliphatic hydroxyl groups excluding tert-OH is 1. The standard InChI is InChI=1S/C29H33N3O3/c33-18-21-8-13-24-22(16-21)10-15-25-28(24)30-26(14-9-19-4-2-1-3-5-19)29(31-25)32-27(35)17-20-6-11-23(34)12-7-20/h6-8,11-13,16,19,33-34H,1-5,9-10,14-15,17-18H2,(H,31,32,35). The molecule has 0 spiro atoms. The van der Waals surface area contributed by atoms with Gasteiger partial charge in [-0.25, -0.2) is 9.97 Å². The van der Waals surface area contributed by atoms with Crippen LogP contribution in [-0.4, -0.2) is 26.1 Å². The molecule has 1 fully saturated rings. The molecule has 2 aromatic carbocycles. The average Bonchev–Trinajstić information content (AvgIpc) is 2.89. The number of aryl methyl sites for hydroxylation is 3. The van der Waals surface area contributed by atoms with Gasteiger partial charge in [0.25, 0.3) is 0 Å². The number of carbonyl (C=O) groups excluding carboxylic acids is 1. The molecule has 1 aromatic heterocycles. The van der Waals surface area contributed by atoms with Gasteiger partial charge in [-0.15, -0.1) is 0 Å². The Bertz CT molecular complexity index is 1200. The Hall–Kier alpha value is -3.25. The number of phenolic OH excluding ortho intramolecular Hbond substituents is 1. The first-order chi connectivity index (χ1) is 17.1. The molecular formula is C29H33N3O3. The fourth-order valence-corrected chi connectivity index (χ4v) is 5.40. The largest absolute Gasteiger partial charge is 0.508 e. The highest BCUT2D eigenvalue weighted by Gasteiger charge is 2.23. The third kappa shape index (κ3) is 5.54. The summed E-state index contributed by atoms with van der Waals surface area (Å²) in [7, 11) is 0. The summed E-state index contributed by atoms with van der Waals surface area (Å²) in [5.74, 6) is 1.35. The van der Waals surface area contributed by atoms with Crippen molar-refractivity contribution >= 4 is 11.7 Å². The smallest absolute Gasteiger partial charge is 0.229 e. The molecule has 6 nitrogen and oxygen atoms in total. The summed E-state index contributed by atoms with van der Waals surface area (Å²) in [4.78, 5) is 22.9. The molecule has 0 radical (unpaired) electrons. The Morgan fingerprint density at radius 1 is 0.971 bits per heavy atom. The zero-order valence-corrected chi connectivity index (χ0v) is 20.1. The first-order valence-corrected chi connectivity index (χ1v) is 12.8. The fourth-order valence-electron chi connectivity index (χ4n) is 5.40. The monoisotopic (exact) mass is 471 g/mol. The van der Waals surface area contributed by atoms with Crippen LogP contribution in [0.15, 0.2) is 42.5 Å². The van der Waals surface area contributed by atoms with Crippen LogP contribution in [0.4, 0.5) is 5.82 Å². The minimum Gasteiger partial charge on any atom is -0.508 e. The lowest BCUT2D eigenvalue weighted by Gasteiger charge is -2.23. The summed E-state index contributed by atoms with van der Waals surface area (Å²) in [5, 5.41) is 22.1. The molecule has 1 saturated carbocycles. The summed E-state index contributed by atoms with van der Waals surface area (Å²) in [6, 6.07) is 12.8. The normalized spacial score (nSPS) is 15.3. The highest BCUT2D eigenvalue weighted by molar-refractivity contribution is 5.92. The van der Waals surface area contributed by atoms with E-state index in [1.54, 1.807) is 24.3 Å². The van der Waals surface area contributed by atoms with Gasteiger partial charge >= 0.3 is 0 Å². The number of nitrogens with one attached hydrogen (secondary N) is 1. The fraction of sp³-hybridized carbons (Fsp3) is 0.414. The first kappa shape index (κ1) is 23.5. The maximum Gasteiger partial charge on any atom is 0.229 e. The summed E-state index contributed by atoms with van der Waals surface area (Å²) in [6.45, 7) is 0.0322. The minimum absolute atomic E-state index is 0.0322. The number of rotatable bonds is 7. The van der Waals surface area contributed by atoms with E-state index >= 15 is 0 Å². The van der Waals surface area contributed by atoms with Crippen molar-refractivity contribution in [1.29, 1.82) is 0 Å². The summed E-state index contributed by atoms with van der Waals surface area (Å²) in [6.07, 6.45) is 10.2. The van der Waals surface area contributed by atoms with Crippen molar-refractivity contribution in [3.8, 4) is 17.0 Å². The van der Waals surface area contributed by atoms with Crippen molar-refractivity contribution in [3.05, 3.63) is 70.5 Å². The van der Waals surface area contributed by atoms with E-state index in [0.717, 1.165) is 59.5 Å². The molecule has 0 atom stereocenters. The van der Waals surface area contributed by atoms with Gasteiger partial charge in [0.05, 0.1) is 30.1 Å². The molecule has 0 saturated heterocycles. The van der Waals surface area contributed by atoms with Crippen molar-refractivity contribution in [3.63, 3.8) is 0 Å². The highest BCUT2D eigenvalue weighted by atomic mass is 16.3. The SMILES string of the molecule is O=C(Cc1ccc(O)cc1)Nc1nc2c(nc1CCC1CCCCC1)-c1ccc(CO)cc1CC2. The van der Waals surface area contributed by atoms with Gasteiger partial charge in [-0.05, 0) is 60.4 Å². The minimum atomic E-state index is -0.132. The van der Waals surface area contributed by atoms with E-state index in [2.05, 4.69) is 11.4 Å². The van der Waals surface area contributed by atoms with Crippen LogP contribution < -0.4 is 5.32 Å². The van der Waals surface area contributed by atoms with Gasteiger partial charge < -0.3 is 15.5 Å². The second kappa shape index (κ2) is 10.6. The van der Waals surface area contributed by atoms with E-state index in [0.29, 0.717) is 11.7 Å². The quantitative estimate of drug-likeness (QED) is 0.444. The Morgan fingerprint density at radius 2 is 1.74 bits per heavy atom. The number of nitrogens with zero attached hydrogens (tertiary/aromatic N) is 2. The summed E-state index contributed by atoms with van der Waals surface area (Å²) >= 11 is 0. The maximum atomic E-state index is 12.9. The molecule has 35 heavy (non-hydrogen) atoms. The van der Waals surface area contributed by atoms with E-state index in [9.17, 15) is 15.0 Å². The number of carbonyl (C=O) groups is 1. The van der Waals surface area contributed by atoms with Crippen LogP contribution in [0.25, 0.3) is 11.3 Å². The predicted octanol–water partition coefficient (Wildman–Crippen LogP) is 5.13. The summed E-state index contributed by atoms with van der Waals surface area (Å²) < 4.78 is 0. The van der Waals surface area contributed by atoms with Crippen LogP contribution in [0.5, 0.6) is 5.75 Å². The molecule has 2 aliphatic rings. The average molecular weight is 472 g/mol. The zero-order chi connectivity index (χ0) is 24.2. The van der Waals surface area contributed by atoms with E-state index in [1.165, 1.54) is 37.7 Å². The van der Waals surface area contributed by atoms with Crippen LogP contribution in [0.1, 0.15) is 66.6 Å². The molecule has 3 N–H and O–H groups in total. The molecule has 1 heterocycles. The number of amides is 1. The van der Waals surface area contributed by atoms with Gasteiger partial charge in [-0.3, -0.25) is 4.79 Å². The molecule has 0 unspecified atom stereocenters. The van der Waals surface area contributed by atoms with Gasteiger partial charge in [0.2, 0.25) is 5.91 Å². The van der Waals surface area contributed by atoms with Crippen LogP contribution >= 0.6 is 0 Å². The van der Waals surface area contributed by atoms with Crippen molar-refractivity contribution in [2.75, 3.05) is 5.32 Å². The van der Waals surface area contributed by atoms with Crippen LogP contribution in [-0.2, 0) is 37.1 Å². The molecule has 5 rings (SSSR count). The number of aliphatic hydroxyl groups is 1. The number of fused-ring (bicyclic) bond motifs is 3. The Morgan fingerprint density at radius 3 is 2.51 bits per heavy atom. The van der Waals surface area contributed by atoms with Gasteiger partial charge in [-0.2, -0.15) is 0 Å². The third-order valence-electron chi connectivity index (χ3n) is 7.35. The van der Waals surface area contributed by atoms with E-state index in [-0.39, 0.29) is 24.7 Å². The lowest BCUT2D eigenvalue weighted by molar-refractivity contribution is -0.115. The second-order valence-corrected chi connectivity index (χ2v) is 9.90. The van der Waals surface area contributed by atoms with Crippen molar-refractivity contribution < 1.29 is 15.0 Å². The van der Waals surface area contributed by atoms with Crippen molar-refractivity contribution in [2.45, 2.75) is 70.8 Å². The van der Waals surface area contributed by atoms with Crippen molar-refractivity contribution in [1.82, 2.24) is 9.97 Å². The summed E-state index contributed by atoms with van der Waals surface area (Å²) in [5.41, 5.74) is 6.70. The first-order valence-electron chi connectivity index (χ1n) is 12.8. The number of aromatic hydroxyl groups is 1. The molecular weight excluding hydrogens is 438 g/mol. The zero-order valence-electron chi connectivity index (χ0n) is 20.1. The predicted molar refractivity (Wildman–Crippen MR) is 136 cm³/mol. The van der Waals surface area contributed by atoms with Crippen LogP contribution in [0.3, 0.4) is 0 Å². The number of aromatic nitrogens is 2. The van der Waals surface area contributed by atoms with E-state index in [4.69, 9.17) is 9.97 Å². The van der Waals surface area contributed by atoms with Gasteiger partial charge in [-0.1, -0.05) is 62.4 Å². The van der Waals surface area contributed by atoms with Gasteiger partial charge in [0.1, 0.15) is 5.75 Å². The number of hydrogen-bond acceptors (Lipinski definition) is 5. The third-order valence-corrected chi connectivity index (χ3v) is 7.35. The lowest BCUT2D eigenvalue weighted by Crippen LogP contribution is -2.20. The van der Waals surface area contributed by atoms with Gasteiger partial charge in [0.15, 0.2) is 5.82 Å². The van der Waals surface area contributed by atoms with E-state index < -0.39 is 0 Å². The van der Waals surface area contributed by atoms with Gasteiger partial charge in [0, 0.05) is 5.56 Å². The number of benzene rings is 2. The maximum absolute atomic E-state index is 12.9. The molecule has 6 heteroatoms. The van der Waals surface area contributed by atoms with Crippen molar-refractivity contribution in [2.24, 2.45) is 5.92 Å². The number of anilines is 1. The Kier molecular flexibility index (Phi) is 7.09. The van der Waals surface area contributed by atoms with Crippen LogP contribution in [0.2, 0.25) is 0 Å². The topological polar surface area (TPSA) is 95.3 Å². The molecule has 3 aromatic rings. The lowest BCUT2D eigenvalue weighted by atomic mass is 9.85. The second-order valence-electron chi connectivity index (χ2n) is 9.90.